The van der Waals surface area contributed by atoms with Crippen molar-refractivity contribution < 1.29 is 18.0 Å². The number of amides is 2. The average Bonchev–Trinajstić information content (AvgIpc) is 2.92. The van der Waals surface area contributed by atoms with Crippen LogP contribution in [0.15, 0.2) is 72.8 Å². The molecule has 2 amide bonds. The van der Waals surface area contributed by atoms with E-state index in [2.05, 4.69) is 12.2 Å². The zero-order valence-corrected chi connectivity index (χ0v) is 26.5. The van der Waals surface area contributed by atoms with E-state index in [4.69, 9.17) is 11.6 Å². The van der Waals surface area contributed by atoms with E-state index in [0.717, 1.165) is 35.1 Å². The summed E-state index contributed by atoms with van der Waals surface area (Å²) in [5, 5.41) is 3.56. The number of hydrogen-bond acceptors (Lipinski definition) is 4. The maximum absolute atomic E-state index is 13.9. The number of sulfonamides is 1. The summed E-state index contributed by atoms with van der Waals surface area (Å²) in [7, 11) is -3.58. The van der Waals surface area contributed by atoms with Crippen molar-refractivity contribution in [2.75, 3.05) is 23.7 Å². The summed E-state index contributed by atoms with van der Waals surface area (Å²) < 4.78 is 26.8. The molecule has 0 saturated carbocycles. The lowest BCUT2D eigenvalue weighted by molar-refractivity contribution is -0.141. The molecule has 0 aliphatic heterocycles. The van der Waals surface area contributed by atoms with Gasteiger partial charge >= 0.3 is 0 Å². The number of benzene rings is 3. The first-order chi connectivity index (χ1) is 20.0. The van der Waals surface area contributed by atoms with E-state index in [9.17, 15) is 18.0 Å². The quantitative estimate of drug-likeness (QED) is 0.212. The number of carbonyl (C=O) groups excluding carboxylic acids is 2. The second-order valence-electron chi connectivity index (χ2n) is 10.8. The summed E-state index contributed by atoms with van der Waals surface area (Å²) in [6, 6.07) is 21.8. The van der Waals surface area contributed by atoms with Gasteiger partial charge in [-0.1, -0.05) is 73.5 Å². The molecule has 3 rings (SSSR count). The number of nitrogens with one attached hydrogen (secondary N) is 1. The fraction of sp³-hybridized carbons (Fsp3) is 0.394. The van der Waals surface area contributed by atoms with E-state index in [1.165, 1.54) is 10.6 Å². The van der Waals surface area contributed by atoms with Gasteiger partial charge in [0.05, 0.1) is 11.9 Å². The van der Waals surface area contributed by atoms with Gasteiger partial charge in [0.15, 0.2) is 0 Å². The van der Waals surface area contributed by atoms with Crippen LogP contribution >= 0.6 is 11.6 Å². The lowest BCUT2D eigenvalue weighted by Crippen LogP contribution is -2.50. The molecule has 0 radical (unpaired) electrons. The van der Waals surface area contributed by atoms with Crippen LogP contribution in [0.2, 0.25) is 5.02 Å². The standard InChI is InChI=1S/C33H42ClN3O4S/c1-5-6-17-35-33(39)31(23-27-12-8-7-9-13-27)36(24-28-14-10-15-29(34)22-28)32(38)16-11-18-37(42(4,40)41)30-20-25(2)19-26(3)21-30/h7-10,12-15,19-22,31H,5-6,11,16-18,23-24H2,1-4H3,(H,35,39)/t31-/m1/s1. The van der Waals surface area contributed by atoms with Gasteiger partial charge in [-0.25, -0.2) is 8.42 Å². The number of unbranched alkanes of at least 4 members (excludes halogenated alkanes) is 1. The molecule has 226 valence electrons. The molecule has 7 nitrogen and oxygen atoms in total. The van der Waals surface area contributed by atoms with Crippen molar-refractivity contribution in [2.45, 2.75) is 65.5 Å². The highest BCUT2D eigenvalue weighted by atomic mass is 35.5. The zero-order valence-electron chi connectivity index (χ0n) is 25.0. The van der Waals surface area contributed by atoms with E-state index in [1.807, 2.05) is 74.5 Å². The predicted molar refractivity (Wildman–Crippen MR) is 171 cm³/mol. The van der Waals surface area contributed by atoms with Crippen LogP contribution in [0.4, 0.5) is 5.69 Å². The van der Waals surface area contributed by atoms with Gasteiger partial charge in [0.25, 0.3) is 0 Å². The minimum Gasteiger partial charge on any atom is -0.354 e. The molecule has 0 aliphatic rings. The van der Waals surface area contributed by atoms with E-state index in [-0.39, 0.29) is 31.3 Å². The van der Waals surface area contributed by atoms with Crippen molar-refractivity contribution in [1.82, 2.24) is 10.2 Å². The van der Waals surface area contributed by atoms with Gasteiger partial charge in [0, 0.05) is 37.5 Å². The lowest BCUT2D eigenvalue weighted by atomic mass is 10.0. The van der Waals surface area contributed by atoms with Crippen molar-refractivity contribution in [2.24, 2.45) is 0 Å². The second kappa shape index (κ2) is 15.8. The smallest absolute Gasteiger partial charge is 0.243 e. The van der Waals surface area contributed by atoms with Crippen LogP contribution in [-0.2, 0) is 32.6 Å². The molecule has 0 aromatic heterocycles. The molecule has 1 atom stereocenters. The first kappa shape index (κ1) is 33.1. The highest BCUT2D eigenvalue weighted by molar-refractivity contribution is 7.92. The Morgan fingerprint density at radius 2 is 1.57 bits per heavy atom. The number of anilines is 1. The largest absolute Gasteiger partial charge is 0.354 e. The van der Waals surface area contributed by atoms with E-state index < -0.39 is 16.1 Å². The zero-order chi connectivity index (χ0) is 30.7. The van der Waals surface area contributed by atoms with Crippen molar-refractivity contribution >= 4 is 39.1 Å². The number of nitrogens with zero attached hydrogens (tertiary/aromatic N) is 2. The fourth-order valence-corrected chi connectivity index (χ4v) is 6.15. The molecular formula is C33H42ClN3O4S. The first-order valence-electron chi connectivity index (χ1n) is 14.4. The minimum absolute atomic E-state index is 0.0743. The molecule has 0 heterocycles. The summed E-state index contributed by atoms with van der Waals surface area (Å²) in [6.07, 6.45) is 3.67. The number of aryl methyl sites for hydroxylation is 2. The summed E-state index contributed by atoms with van der Waals surface area (Å²) >= 11 is 6.26. The summed E-state index contributed by atoms with van der Waals surface area (Å²) in [4.78, 5) is 29.1. The Kier molecular flexibility index (Phi) is 12.4. The molecule has 0 unspecified atom stereocenters. The van der Waals surface area contributed by atoms with Gasteiger partial charge in [0.2, 0.25) is 21.8 Å². The SMILES string of the molecule is CCCCNC(=O)[C@@H](Cc1ccccc1)N(Cc1cccc(Cl)c1)C(=O)CCCN(c1cc(C)cc(C)c1)S(C)(=O)=O. The number of carbonyl (C=O) groups is 2. The maximum atomic E-state index is 13.9. The third-order valence-corrected chi connectivity index (χ3v) is 8.42. The Balaban J connectivity index is 1.88. The molecule has 0 saturated heterocycles. The van der Waals surface area contributed by atoms with Crippen molar-refractivity contribution in [3.63, 3.8) is 0 Å². The van der Waals surface area contributed by atoms with Crippen LogP contribution in [0.25, 0.3) is 0 Å². The molecule has 9 heteroatoms. The predicted octanol–water partition coefficient (Wildman–Crippen LogP) is 6.06. The molecule has 0 fully saturated rings. The second-order valence-corrected chi connectivity index (χ2v) is 13.1. The molecule has 0 spiro atoms. The van der Waals surface area contributed by atoms with Crippen LogP contribution in [-0.4, -0.2) is 50.5 Å². The molecule has 1 N–H and O–H groups in total. The van der Waals surface area contributed by atoms with Crippen LogP contribution in [0.5, 0.6) is 0 Å². The number of halogens is 1. The Bertz CT molecular complexity index is 1430. The van der Waals surface area contributed by atoms with E-state index in [0.29, 0.717) is 30.1 Å². The van der Waals surface area contributed by atoms with Crippen molar-refractivity contribution in [3.8, 4) is 0 Å². The van der Waals surface area contributed by atoms with Gasteiger partial charge in [-0.05, 0) is 73.2 Å². The van der Waals surface area contributed by atoms with E-state index >= 15 is 0 Å². The average molecular weight is 612 g/mol. The number of hydrogen-bond donors (Lipinski definition) is 1. The first-order valence-corrected chi connectivity index (χ1v) is 16.6. The van der Waals surface area contributed by atoms with Crippen LogP contribution in [0, 0.1) is 13.8 Å². The van der Waals surface area contributed by atoms with Crippen molar-refractivity contribution in [1.29, 1.82) is 0 Å². The lowest BCUT2D eigenvalue weighted by Gasteiger charge is -2.32. The van der Waals surface area contributed by atoms with Gasteiger partial charge in [-0.15, -0.1) is 0 Å². The minimum atomic E-state index is -3.58. The normalized spacial score (nSPS) is 12.0. The van der Waals surface area contributed by atoms with Crippen LogP contribution in [0.3, 0.4) is 0 Å². The Labute approximate surface area is 255 Å². The van der Waals surface area contributed by atoms with Gasteiger partial charge in [0.1, 0.15) is 6.04 Å². The molecule has 42 heavy (non-hydrogen) atoms. The Morgan fingerprint density at radius 3 is 2.19 bits per heavy atom. The van der Waals surface area contributed by atoms with Crippen LogP contribution in [0.1, 0.15) is 54.9 Å². The molecular weight excluding hydrogens is 570 g/mol. The third-order valence-electron chi connectivity index (χ3n) is 6.99. The monoisotopic (exact) mass is 611 g/mol. The Morgan fingerprint density at radius 1 is 0.905 bits per heavy atom. The van der Waals surface area contributed by atoms with Gasteiger partial charge in [-0.3, -0.25) is 13.9 Å². The third kappa shape index (κ3) is 10.2. The summed E-state index contributed by atoms with van der Waals surface area (Å²) in [6.45, 7) is 6.77. The van der Waals surface area contributed by atoms with Gasteiger partial charge in [-0.2, -0.15) is 0 Å². The molecule has 3 aromatic carbocycles. The van der Waals surface area contributed by atoms with Gasteiger partial charge < -0.3 is 10.2 Å². The number of rotatable bonds is 15. The molecule has 0 aliphatic carbocycles. The summed E-state index contributed by atoms with van der Waals surface area (Å²) in [5.74, 6) is -0.439. The summed E-state index contributed by atoms with van der Waals surface area (Å²) in [5.41, 5.74) is 4.24. The molecule has 0 bridgehead atoms. The molecule has 3 aromatic rings. The highest BCUT2D eigenvalue weighted by Gasteiger charge is 2.30. The van der Waals surface area contributed by atoms with E-state index in [1.54, 1.807) is 17.0 Å². The van der Waals surface area contributed by atoms with Crippen LogP contribution < -0.4 is 9.62 Å². The Hall–Kier alpha value is -3.36. The topological polar surface area (TPSA) is 86.8 Å². The van der Waals surface area contributed by atoms with Crippen molar-refractivity contribution in [3.05, 3.63) is 100 Å². The maximum Gasteiger partial charge on any atom is 0.243 e. The highest BCUT2D eigenvalue weighted by Crippen LogP contribution is 2.23. The fourth-order valence-electron chi connectivity index (χ4n) is 4.99.